The van der Waals surface area contributed by atoms with Gasteiger partial charge >= 0.3 is 6.18 Å². The predicted octanol–water partition coefficient (Wildman–Crippen LogP) is 18.4. The third-order valence-electron chi connectivity index (χ3n) is 15.4. The number of fused-ring (bicyclic) bond motifs is 7. The zero-order chi connectivity index (χ0) is 45.3. The SMILES string of the molecule is CCCCC(C)N(c1ccc(C(F)(F)F)cc1)c1ccc2c(c1)sc1cc(C(C)(CC)C3(C)C(C)Cc4cc(C)ccc4N3c3ccc4c(c3)sc3cc(C(C)CC)ccc34)ccc12. The van der Waals surface area contributed by atoms with Gasteiger partial charge in [-0.05, 0) is 142 Å². The fourth-order valence-electron chi connectivity index (χ4n) is 11.0. The van der Waals surface area contributed by atoms with Crippen molar-refractivity contribution in [3.63, 3.8) is 0 Å². The Morgan fingerprint density at radius 1 is 0.719 bits per heavy atom. The summed E-state index contributed by atoms with van der Waals surface area (Å²) in [4.78, 5) is 4.93. The normalized spacial score (nSPS) is 18.8. The van der Waals surface area contributed by atoms with Crippen molar-refractivity contribution in [1.82, 2.24) is 0 Å². The predicted molar refractivity (Wildman–Crippen MR) is 272 cm³/mol. The summed E-state index contributed by atoms with van der Waals surface area (Å²) in [6.07, 6.45) is 1.75. The highest BCUT2D eigenvalue weighted by molar-refractivity contribution is 7.26. The fourth-order valence-corrected chi connectivity index (χ4v) is 13.3. The molecule has 1 aliphatic heterocycles. The number of benzene rings is 6. The van der Waals surface area contributed by atoms with Gasteiger partial charge in [0.05, 0.1) is 11.1 Å². The van der Waals surface area contributed by atoms with Crippen LogP contribution in [0.5, 0.6) is 0 Å². The molecule has 6 aromatic carbocycles. The molecule has 8 aromatic rings. The first-order chi connectivity index (χ1) is 30.6. The van der Waals surface area contributed by atoms with Gasteiger partial charge in [0.15, 0.2) is 0 Å². The number of halogens is 3. The van der Waals surface area contributed by atoms with E-state index >= 15 is 0 Å². The van der Waals surface area contributed by atoms with Crippen LogP contribution in [0.2, 0.25) is 0 Å². The Bertz CT molecular complexity index is 3000. The van der Waals surface area contributed by atoms with Crippen molar-refractivity contribution in [2.45, 2.75) is 130 Å². The smallest absolute Gasteiger partial charge is 0.339 e. The van der Waals surface area contributed by atoms with Gasteiger partial charge in [0.25, 0.3) is 0 Å². The molecule has 0 saturated heterocycles. The molecule has 1 aliphatic rings. The van der Waals surface area contributed by atoms with Crippen LogP contribution in [0.4, 0.5) is 35.9 Å². The highest BCUT2D eigenvalue weighted by Gasteiger charge is 2.55. The Morgan fingerprint density at radius 2 is 1.31 bits per heavy atom. The Hall–Kier alpha value is -4.85. The molecule has 0 radical (unpaired) electrons. The van der Waals surface area contributed by atoms with Gasteiger partial charge in [0.1, 0.15) is 0 Å². The largest absolute Gasteiger partial charge is 0.416 e. The molecule has 3 heterocycles. The van der Waals surface area contributed by atoms with Gasteiger partial charge in [-0.15, -0.1) is 22.7 Å². The Morgan fingerprint density at radius 3 is 1.97 bits per heavy atom. The van der Waals surface area contributed by atoms with Gasteiger partial charge in [-0.3, -0.25) is 0 Å². The number of hydrogen-bond acceptors (Lipinski definition) is 4. The monoisotopic (exact) mass is 894 g/mol. The topological polar surface area (TPSA) is 6.48 Å². The first kappa shape index (κ1) is 44.4. The second kappa shape index (κ2) is 16.9. The van der Waals surface area contributed by atoms with E-state index in [9.17, 15) is 13.2 Å². The van der Waals surface area contributed by atoms with E-state index in [2.05, 4.69) is 163 Å². The highest BCUT2D eigenvalue weighted by Crippen LogP contribution is 2.56. The second-order valence-corrected chi connectivity index (χ2v) is 21.3. The van der Waals surface area contributed by atoms with Crippen molar-refractivity contribution in [2.75, 3.05) is 9.80 Å². The summed E-state index contributed by atoms with van der Waals surface area (Å²) in [5.41, 5.74) is 8.58. The summed E-state index contributed by atoms with van der Waals surface area (Å²) in [7, 11) is 0. The van der Waals surface area contributed by atoms with E-state index in [0.29, 0.717) is 11.8 Å². The highest BCUT2D eigenvalue weighted by atomic mass is 32.1. The van der Waals surface area contributed by atoms with Crippen LogP contribution >= 0.6 is 22.7 Å². The maximum Gasteiger partial charge on any atom is 0.416 e. The summed E-state index contributed by atoms with van der Waals surface area (Å²) in [5, 5.41) is 5.10. The maximum absolute atomic E-state index is 13.6. The van der Waals surface area contributed by atoms with E-state index in [1.54, 1.807) is 12.1 Å². The molecule has 9 rings (SSSR count). The van der Waals surface area contributed by atoms with Crippen LogP contribution in [0.3, 0.4) is 0 Å². The molecule has 0 N–H and O–H groups in total. The zero-order valence-electron chi connectivity index (χ0n) is 38.8. The minimum atomic E-state index is -4.38. The first-order valence-corrected chi connectivity index (χ1v) is 25.0. The van der Waals surface area contributed by atoms with E-state index in [4.69, 9.17) is 0 Å². The van der Waals surface area contributed by atoms with Crippen LogP contribution in [0.1, 0.15) is 121 Å². The molecule has 2 aromatic heterocycles. The van der Waals surface area contributed by atoms with Gasteiger partial charge in [-0.25, -0.2) is 0 Å². The lowest BCUT2D eigenvalue weighted by atomic mass is 9.57. The van der Waals surface area contributed by atoms with Gasteiger partial charge in [-0.2, -0.15) is 13.2 Å². The zero-order valence-corrected chi connectivity index (χ0v) is 40.4. The molecule has 0 saturated carbocycles. The van der Waals surface area contributed by atoms with E-state index in [0.717, 1.165) is 49.9 Å². The number of anilines is 4. The molecule has 64 heavy (non-hydrogen) atoms. The van der Waals surface area contributed by atoms with Crippen molar-refractivity contribution in [3.05, 3.63) is 143 Å². The molecular weight excluding hydrogens is 834 g/mol. The van der Waals surface area contributed by atoms with Gasteiger partial charge < -0.3 is 9.80 Å². The Kier molecular flexibility index (Phi) is 11.7. The molecule has 7 heteroatoms. The van der Waals surface area contributed by atoms with Crippen LogP contribution in [-0.4, -0.2) is 11.6 Å². The van der Waals surface area contributed by atoms with Crippen molar-refractivity contribution in [3.8, 4) is 0 Å². The number of alkyl halides is 3. The molecular formula is C57H61F3N2S2. The lowest BCUT2D eigenvalue weighted by molar-refractivity contribution is -0.137. The molecule has 0 spiro atoms. The molecule has 0 amide bonds. The molecule has 0 aliphatic carbocycles. The van der Waals surface area contributed by atoms with Crippen molar-refractivity contribution in [2.24, 2.45) is 5.92 Å². The van der Waals surface area contributed by atoms with E-state index in [1.807, 2.05) is 22.7 Å². The van der Waals surface area contributed by atoms with Gasteiger partial charge in [0, 0.05) is 74.6 Å². The fraction of sp³-hybridized carbons (Fsp3) is 0.368. The lowest BCUT2D eigenvalue weighted by Gasteiger charge is -2.60. The number of hydrogen-bond donors (Lipinski definition) is 0. The number of unbranched alkanes of at least 4 members (excludes halogenated alkanes) is 1. The number of thiophene rings is 2. The Balaban J connectivity index is 1.15. The summed E-state index contributed by atoms with van der Waals surface area (Å²) in [5.74, 6) is 0.863. The van der Waals surface area contributed by atoms with Crippen LogP contribution < -0.4 is 9.80 Å². The number of rotatable bonds is 12. The minimum absolute atomic E-state index is 0.109. The van der Waals surface area contributed by atoms with Crippen molar-refractivity contribution >= 4 is 85.8 Å². The lowest BCUT2D eigenvalue weighted by Crippen LogP contribution is -2.63. The van der Waals surface area contributed by atoms with Crippen LogP contribution in [0.15, 0.2) is 115 Å². The van der Waals surface area contributed by atoms with Crippen molar-refractivity contribution < 1.29 is 13.2 Å². The molecule has 0 bridgehead atoms. The first-order valence-electron chi connectivity index (χ1n) is 23.4. The molecule has 2 nitrogen and oxygen atoms in total. The summed E-state index contributed by atoms with van der Waals surface area (Å²) in [6, 6.07) is 40.9. The van der Waals surface area contributed by atoms with Gasteiger partial charge in [0.2, 0.25) is 0 Å². The number of nitrogens with zero attached hydrogens (tertiary/aromatic N) is 2. The van der Waals surface area contributed by atoms with Crippen LogP contribution in [0, 0.1) is 12.8 Å². The Labute approximate surface area is 385 Å². The average Bonchev–Trinajstić information content (AvgIpc) is 3.84. The summed E-state index contributed by atoms with van der Waals surface area (Å²) in [6.45, 7) is 21.0. The van der Waals surface area contributed by atoms with Crippen LogP contribution in [-0.2, 0) is 18.0 Å². The molecule has 0 fully saturated rings. The third kappa shape index (κ3) is 7.39. The molecule has 5 unspecified atom stereocenters. The molecule has 5 atom stereocenters. The van der Waals surface area contributed by atoms with E-state index < -0.39 is 11.7 Å². The van der Waals surface area contributed by atoms with E-state index in [-0.39, 0.29) is 17.0 Å². The average molecular weight is 895 g/mol. The third-order valence-corrected chi connectivity index (χ3v) is 17.7. The standard InChI is InChI=1S/C57H61F3N2S2/c1-10-13-14-38(7)61(43-20-17-41(18-21-43)57(58,59)60)44-22-26-48-47-25-19-42(32-52(47)64-53(48)33-44)55(8,12-3)56(9)37(6)30-40-29-35(4)15-28-50(40)62(56)45-23-27-49-46-24-16-39(36(5)11-2)31-51(46)63-54(49)34-45/h15-29,31-34,36-38H,10-14,30H2,1-9H3. The van der Waals surface area contributed by atoms with E-state index in [1.165, 1.54) is 86.1 Å². The van der Waals surface area contributed by atoms with Gasteiger partial charge in [-0.1, -0.05) is 108 Å². The number of aryl methyl sites for hydroxylation is 1. The molecule has 332 valence electrons. The van der Waals surface area contributed by atoms with Crippen LogP contribution in [0.25, 0.3) is 40.3 Å². The second-order valence-electron chi connectivity index (χ2n) is 19.2. The maximum atomic E-state index is 13.6. The van der Waals surface area contributed by atoms with Crippen molar-refractivity contribution in [1.29, 1.82) is 0 Å². The summed E-state index contributed by atoms with van der Waals surface area (Å²) < 4.78 is 45.9. The quantitative estimate of drug-likeness (QED) is 0.121. The summed E-state index contributed by atoms with van der Waals surface area (Å²) >= 11 is 3.74. The minimum Gasteiger partial charge on any atom is -0.339 e.